The number of rotatable bonds is 4. The van der Waals surface area contributed by atoms with Gasteiger partial charge in [-0.15, -0.1) is 11.3 Å². The molecule has 0 bridgehead atoms. The van der Waals surface area contributed by atoms with E-state index in [1.54, 1.807) is 30.6 Å². The summed E-state index contributed by atoms with van der Waals surface area (Å²) in [5, 5.41) is 4.97. The lowest BCUT2D eigenvalue weighted by Gasteiger charge is -2.14. The largest absolute Gasteiger partial charge is 0.496 e. The third-order valence-corrected chi connectivity index (χ3v) is 4.27. The van der Waals surface area contributed by atoms with Crippen molar-refractivity contribution in [2.24, 2.45) is 0 Å². The highest BCUT2D eigenvalue weighted by Crippen LogP contribution is 2.25. The molecule has 0 aliphatic heterocycles. The van der Waals surface area contributed by atoms with Crippen molar-refractivity contribution in [3.8, 4) is 5.75 Å². The molecular formula is C14H14BrNO2S. The van der Waals surface area contributed by atoms with Crippen molar-refractivity contribution in [3.63, 3.8) is 0 Å². The first-order valence-electron chi connectivity index (χ1n) is 5.79. The van der Waals surface area contributed by atoms with Crippen molar-refractivity contribution < 1.29 is 9.53 Å². The van der Waals surface area contributed by atoms with Gasteiger partial charge in [-0.2, -0.15) is 0 Å². The average Bonchev–Trinajstić information content (AvgIpc) is 2.92. The van der Waals surface area contributed by atoms with Crippen molar-refractivity contribution in [1.29, 1.82) is 0 Å². The van der Waals surface area contributed by atoms with E-state index in [1.807, 2.05) is 30.5 Å². The second-order valence-corrected chi connectivity index (χ2v) is 5.95. The van der Waals surface area contributed by atoms with Gasteiger partial charge < -0.3 is 10.1 Å². The molecule has 19 heavy (non-hydrogen) atoms. The fourth-order valence-corrected chi connectivity index (χ4v) is 2.81. The highest BCUT2D eigenvalue weighted by atomic mass is 79.9. The molecule has 1 atom stereocenters. The zero-order chi connectivity index (χ0) is 13.8. The number of ether oxygens (including phenoxy) is 1. The second kappa shape index (κ2) is 6.21. The molecule has 1 heterocycles. The van der Waals surface area contributed by atoms with E-state index in [1.165, 1.54) is 0 Å². The lowest BCUT2D eigenvalue weighted by atomic mass is 10.1. The van der Waals surface area contributed by atoms with Gasteiger partial charge in [-0.25, -0.2) is 0 Å². The van der Waals surface area contributed by atoms with Crippen LogP contribution in [0.5, 0.6) is 5.75 Å². The number of nitrogens with one attached hydrogen (secondary N) is 1. The Balaban J connectivity index is 2.16. The number of hydrogen-bond donors (Lipinski definition) is 1. The summed E-state index contributed by atoms with van der Waals surface area (Å²) in [5.41, 5.74) is 0.536. The van der Waals surface area contributed by atoms with Gasteiger partial charge in [0.2, 0.25) is 0 Å². The maximum Gasteiger partial charge on any atom is 0.255 e. The van der Waals surface area contributed by atoms with Crippen molar-refractivity contribution in [2.45, 2.75) is 13.0 Å². The van der Waals surface area contributed by atoms with Crippen LogP contribution in [0.1, 0.15) is 28.2 Å². The van der Waals surface area contributed by atoms with Gasteiger partial charge in [-0.3, -0.25) is 4.79 Å². The smallest absolute Gasteiger partial charge is 0.255 e. The summed E-state index contributed by atoms with van der Waals surface area (Å²) in [7, 11) is 1.56. The predicted octanol–water partition coefficient (Wildman–Crippen LogP) is 4.01. The van der Waals surface area contributed by atoms with Crippen LogP contribution >= 0.6 is 27.3 Å². The van der Waals surface area contributed by atoms with Crippen molar-refractivity contribution in [2.75, 3.05) is 7.11 Å². The highest BCUT2D eigenvalue weighted by molar-refractivity contribution is 9.10. The lowest BCUT2D eigenvalue weighted by molar-refractivity contribution is 0.0937. The van der Waals surface area contributed by atoms with Gasteiger partial charge in [0.25, 0.3) is 5.91 Å². The standard InChI is InChI=1S/C14H14BrNO2S/c1-9(13-4-3-7-19-13)16-14(17)11-6-5-10(15)8-12(11)18-2/h3-9H,1-2H3,(H,16,17). The van der Waals surface area contributed by atoms with E-state index >= 15 is 0 Å². The van der Waals surface area contributed by atoms with Crippen LogP contribution in [0.3, 0.4) is 0 Å². The molecule has 1 unspecified atom stereocenters. The average molecular weight is 340 g/mol. The molecule has 1 aromatic heterocycles. The Morgan fingerprint density at radius 3 is 2.84 bits per heavy atom. The number of benzene rings is 1. The van der Waals surface area contributed by atoms with E-state index in [4.69, 9.17) is 4.74 Å². The molecule has 1 N–H and O–H groups in total. The summed E-state index contributed by atoms with van der Waals surface area (Å²) < 4.78 is 6.11. The molecule has 0 aliphatic carbocycles. The topological polar surface area (TPSA) is 38.3 Å². The monoisotopic (exact) mass is 339 g/mol. The molecule has 5 heteroatoms. The first kappa shape index (κ1) is 14.1. The minimum Gasteiger partial charge on any atom is -0.496 e. The molecule has 0 fully saturated rings. The minimum atomic E-state index is -0.134. The molecule has 100 valence electrons. The number of amides is 1. The van der Waals surface area contributed by atoms with E-state index < -0.39 is 0 Å². The number of thiophene rings is 1. The quantitative estimate of drug-likeness (QED) is 0.913. The molecule has 0 spiro atoms. The van der Waals surface area contributed by atoms with Crippen LogP contribution in [0, 0.1) is 0 Å². The highest BCUT2D eigenvalue weighted by Gasteiger charge is 2.16. The molecule has 0 saturated carbocycles. The summed E-state index contributed by atoms with van der Waals surface area (Å²) in [5.74, 6) is 0.426. The fourth-order valence-electron chi connectivity index (χ4n) is 1.74. The molecule has 0 aliphatic rings. The summed E-state index contributed by atoms with van der Waals surface area (Å²) in [6.07, 6.45) is 0. The van der Waals surface area contributed by atoms with E-state index in [0.29, 0.717) is 11.3 Å². The lowest BCUT2D eigenvalue weighted by Crippen LogP contribution is -2.26. The van der Waals surface area contributed by atoms with Crippen molar-refractivity contribution in [1.82, 2.24) is 5.32 Å². The van der Waals surface area contributed by atoms with E-state index in [0.717, 1.165) is 9.35 Å². The van der Waals surface area contributed by atoms with Gasteiger partial charge in [0.05, 0.1) is 18.7 Å². The van der Waals surface area contributed by atoms with Gasteiger partial charge in [-0.1, -0.05) is 22.0 Å². The Morgan fingerprint density at radius 1 is 1.42 bits per heavy atom. The molecule has 2 aromatic rings. The zero-order valence-corrected chi connectivity index (χ0v) is 13.0. The normalized spacial score (nSPS) is 11.9. The molecule has 1 aromatic carbocycles. The third-order valence-electron chi connectivity index (χ3n) is 2.73. The van der Waals surface area contributed by atoms with Crippen LogP contribution in [-0.2, 0) is 0 Å². The maximum absolute atomic E-state index is 12.2. The molecule has 0 saturated heterocycles. The first-order chi connectivity index (χ1) is 9.11. The van der Waals surface area contributed by atoms with Crippen LogP contribution in [-0.4, -0.2) is 13.0 Å². The zero-order valence-electron chi connectivity index (χ0n) is 10.6. The van der Waals surface area contributed by atoms with Gasteiger partial charge >= 0.3 is 0 Å². The van der Waals surface area contributed by atoms with Crippen molar-refractivity contribution >= 4 is 33.2 Å². The van der Waals surface area contributed by atoms with Crippen LogP contribution in [0.25, 0.3) is 0 Å². The maximum atomic E-state index is 12.2. The molecule has 0 radical (unpaired) electrons. The predicted molar refractivity (Wildman–Crippen MR) is 80.9 cm³/mol. The van der Waals surface area contributed by atoms with Crippen LogP contribution in [0.4, 0.5) is 0 Å². The summed E-state index contributed by atoms with van der Waals surface area (Å²) >= 11 is 4.99. The Hall–Kier alpha value is -1.33. The number of methoxy groups -OCH3 is 1. The van der Waals surface area contributed by atoms with Crippen LogP contribution < -0.4 is 10.1 Å². The molecule has 1 amide bonds. The third kappa shape index (κ3) is 3.36. The Labute approximate surface area is 124 Å². The SMILES string of the molecule is COc1cc(Br)ccc1C(=O)NC(C)c1cccs1. The Kier molecular flexibility index (Phi) is 4.61. The minimum absolute atomic E-state index is 0.0131. The first-order valence-corrected chi connectivity index (χ1v) is 7.47. The molecule has 2 rings (SSSR count). The second-order valence-electron chi connectivity index (χ2n) is 4.06. The van der Waals surface area contributed by atoms with E-state index in [-0.39, 0.29) is 11.9 Å². The van der Waals surface area contributed by atoms with E-state index in [2.05, 4.69) is 21.2 Å². The summed E-state index contributed by atoms with van der Waals surface area (Å²) in [6, 6.07) is 9.33. The molecule has 3 nitrogen and oxygen atoms in total. The number of hydrogen-bond acceptors (Lipinski definition) is 3. The van der Waals surface area contributed by atoms with E-state index in [9.17, 15) is 4.79 Å². The number of carbonyl (C=O) groups excluding carboxylic acids is 1. The van der Waals surface area contributed by atoms with Gasteiger partial charge in [0.1, 0.15) is 5.75 Å². The fraction of sp³-hybridized carbons (Fsp3) is 0.214. The summed E-state index contributed by atoms with van der Waals surface area (Å²) in [4.78, 5) is 13.4. The van der Waals surface area contributed by atoms with Gasteiger partial charge in [0.15, 0.2) is 0 Å². The van der Waals surface area contributed by atoms with Gasteiger partial charge in [-0.05, 0) is 36.6 Å². The van der Waals surface area contributed by atoms with Crippen LogP contribution in [0.2, 0.25) is 0 Å². The summed E-state index contributed by atoms with van der Waals surface area (Å²) in [6.45, 7) is 1.97. The molecular weight excluding hydrogens is 326 g/mol. The number of carbonyl (C=O) groups is 1. The Morgan fingerprint density at radius 2 is 2.21 bits per heavy atom. The van der Waals surface area contributed by atoms with Crippen molar-refractivity contribution in [3.05, 3.63) is 50.6 Å². The van der Waals surface area contributed by atoms with Gasteiger partial charge in [0, 0.05) is 9.35 Å². The van der Waals surface area contributed by atoms with Crippen LogP contribution in [0.15, 0.2) is 40.2 Å². The number of halogens is 1. The Bertz CT molecular complexity index is 569.